The Hall–Kier alpha value is -2.08. The molecule has 0 bridgehead atoms. The SMILES string of the molecule is O=C(O)Cc1ccc(-c2ccccc2C(F)(F)F)c(Cl)n1. The summed E-state index contributed by atoms with van der Waals surface area (Å²) >= 11 is 5.90. The van der Waals surface area contributed by atoms with Crippen molar-refractivity contribution < 1.29 is 23.1 Å². The largest absolute Gasteiger partial charge is 0.481 e. The van der Waals surface area contributed by atoms with Gasteiger partial charge in [-0.1, -0.05) is 29.8 Å². The lowest BCUT2D eigenvalue weighted by atomic mass is 10.0. The van der Waals surface area contributed by atoms with Gasteiger partial charge in [-0.3, -0.25) is 4.79 Å². The predicted octanol–water partition coefficient (Wildman–Crippen LogP) is 4.05. The molecular formula is C14H9ClF3NO2. The second-order valence-corrected chi connectivity index (χ2v) is 4.61. The number of hydrogen-bond donors (Lipinski definition) is 1. The van der Waals surface area contributed by atoms with E-state index in [-0.39, 0.29) is 28.4 Å². The molecule has 3 nitrogen and oxygen atoms in total. The molecule has 0 fully saturated rings. The van der Waals surface area contributed by atoms with Crippen molar-refractivity contribution in [3.05, 3.63) is 52.8 Å². The molecule has 1 N–H and O–H groups in total. The van der Waals surface area contributed by atoms with Gasteiger partial charge in [-0.25, -0.2) is 4.98 Å². The normalized spacial score (nSPS) is 11.4. The van der Waals surface area contributed by atoms with Crippen LogP contribution in [0.25, 0.3) is 11.1 Å². The van der Waals surface area contributed by atoms with Gasteiger partial charge in [0.1, 0.15) is 5.15 Å². The van der Waals surface area contributed by atoms with Gasteiger partial charge in [0.15, 0.2) is 0 Å². The molecular weight excluding hydrogens is 307 g/mol. The molecule has 1 aromatic carbocycles. The molecule has 0 amide bonds. The number of aromatic nitrogens is 1. The summed E-state index contributed by atoms with van der Waals surface area (Å²) < 4.78 is 38.9. The number of carboxylic acids is 1. The summed E-state index contributed by atoms with van der Waals surface area (Å²) in [6, 6.07) is 7.69. The standard InChI is InChI=1S/C14H9ClF3NO2/c15-13-10(6-5-8(19-13)7-12(20)21)9-3-1-2-4-11(9)14(16,17)18/h1-6H,7H2,(H,20,21). The van der Waals surface area contributed by atoms with Crippen molar-refractivity contribution in [3.8, 4) is 11.1 Å². The van der Waals surface area contributed by atoms with Crippen LogP contribution in [0.4, 0.5) is 13.2 Å². The Morgan fingerprint density at radius 1 is 1.14 bits per heavy atom. The quantitative estimate of drug-likeness (QED) is 0.869. The molecule has 110 valence electrons. The van der Waals surface area contributed by atoms with Crippen LogP contribution in [0, 0.1) is 0 Å². The minimum absolute atomic E-state index is 0.0932. The molecule has 0 saturated heterocycles. The number of rotatable bonds is 3. The van der Waals surface area contributed by atoms with Gasteiger partial charge in [-0.2, -0.15) is 13.2 Å². The molecule has 0 spiro atoms. The van der Waals surface area contributed by atoms with E-state index in [0.717, 1.165) is 6.07 Å². The van der Waals surface area contributed by atoms with Crippen LogP contribution in [0.15, 0.2) is 36.4 Å². The highest BCUT2D eigenvalue weighted by Crippen LogP contribution is 2.38. The zero-order valence-electron chi connectivity index (χ0n) is 10.5. The Labute approximate surface area is 123 Å². The van der Waals surface area contributed by atoms with E-state index < -0.39 is 17.7 Å². The van der Waals surface area contributed by atoms with Gasteiger partial charge in [-0.15, -0.1) is 0 Å². The van der Waals surface area contributed by atoms with E-state index in [1.165, 1.54) is 30.3 Å². The van der Waals surface area contributed by atoms with Crippen molar-refractivity contribution >= 4 is 17.6 Å². The van der Waals surface area contributed by atoms with Crippen molar-refractivity contribution in [2.45, 2.75) is 12.6 Å². The van der Waals surface area contributed by atoms with E-state index in [1.807, 2.05) is 0 Å². The van der Waals surface area contributed by atoms with Gasteiger partial charge in [0.05, 0.1) is 17.7 Å². The number of carboxylic acid groups (broad SMARTS) is 1. The van der Waals surface area contributed by atoms with Crippen LogP contribution in [0.1, 0.15) is 11.3 Å². The monoisotopic (exact) mass is 315 g/mol. The molecule has 0 atom stereocenters. The molecule has 0 aliphatic carbocycles. The second-order valence-electron chi connectivity index (χ2n) is 4.25. The zero-order chi connectivity index (χ0) is 15.6. The molecule has 0 aliphatic heterocycles. The lowest BCUT2D eigenvalue weighted by Gasteiger charge is -2.13. The van der Waals surface area contributed by atoms with E-state index in [9.17, 15) is 18.0 Å². The molecule has 7 heteroatoms. The van der Waals surface area contributed by atoms with Crippen LogP contribution >= 0.6 is 11.6 Å². The number of carbonyl (C=O) groups is 1. The fourth-order valence-electron chi connectivity index (χ4n) is 1.89. The summed E-state index contributed by atoms with van der Waals surface area (Å²) in [6.07, 6.45) is -4.86. The summed E-state index contributed by atoms with van der Waals surface area (Å²) in [5.74, 6) is -1.10. The van der Waals surface area contributed by atoms with Crippen LogP contribution in [-0.4, -0.2) is 16.1 Å². The topological polar surface area (TPSA) is 50.2 Å². The first-order valence-electron chi connectivity index (χ1n) is 5.83. The first kappa shape index (κ1) is 15.3. The van der Waals surface area contributed by atoms with Gasteiger partial charge < -0.3 is 5.11 Å². The maximum absolute atomic E-state index is 13.0. The minimum Gasteiger partial charge on any atom is -0.481 e. The molecule has 21 heavy (non-hydrogen) atoms. The van der Waals surface area contributed by atoms with Crippen LogP contribution in [0.2, 0.25) is 5.15 Å². The highest BCUT2D eigenvalue weighted by atomic mass is 35.5. The molecule has 0 saturated carbocycles. The van der Waals surface area contributed by atoms with Gasteiger partial charge >= 0.3 is 12.1 Å². The Kier molecular flexibility index (Phi) is 4.18. The zero-order valence-corrected chi connectivity index (χ0v) is 11.2. The molecule has 0 aliphatic rings. The third kappa shape index (κ3) is 3.52. The smallest absolute Gasteiger partial charge is 0.417 e. The maximum Gasteiger partial charge on any atom is 0.417 e. The number of halogens is 4. The highest BCUT2D eigenvalue weighted by Gasteiger charge is 2.33. The second kappa shape index (κ2) is 5.73. The first-order chi connectivity index (χ1) is 9.79. The maximum atomic E-state index is 13.0. The first-order valence-corrected chi connectivity index (χ1v) is 6.20. The van der Waals surface area contributed by atoms with E-state index in [4.69, 9.17) is 16.7 Å². The Bertz CT molecular complexity index is 686. The average molecular weight is 316 g/mol. The van der Waals surface area contributed by atoms with Gasteiger partial charge in [0.2, 0.25) is 0 Å². The number of hydrogen-bond acceptors (Lipinski definition) is 2. The van der Waals surface area contributed by atoms with Crippen molar-refractivity contribution in [2.24, 2.45) is 0 Å². The third-order valence-electron chi connectivity index (χ3n) is 2.76. The Balaban J connectivity index is 2.51. The van der Waals surface area contributed by atoms with E-state index >= 15 is 0 Å². The van der Waals surface area contributed by atoms with E-state index in [1.54, 1.807) is 0 Å². The minimum atomic E-state index is -4.51. The molecule has 0 unspecified atom stereocenters. The lowest BCUT2D eigenvalue weighted by molar-refractivity contribution is -0.137. The summed E-state index contributed by atoms with van der Waals surface area (Å²) in [5.41, 5.74) is -0.622. The lowest BCUT2D eigenvalue weighted by Crippen LogP contribution is -2.07. The van der Waals surface area contributed by atoms with Gasteiger partial charge in [0, 0.05) is 5.56 Å². The molecule has 1 heterocycles. The summed E-state index contributed by atoms with van der Waals surface area (Å²) in [6.45, 7) is 0. The van der Waals surface area contributed by atoms with Gasteiger partial charge in [-0.05, 0) is 23.8 Å². The predicted molar refractivity (Wildman–Crippen MR) is 71.0 cm³/mol. The number of benzene rings is 1. The fraction of sp³-hybridized carbons (Fsp3) is 0.143. The summed E-state index contributed by atoms with van der Waals surface area (Å²) in [4.78, 5) is 14.4. The van der Waals surface area contributed by atoms with E-state index in [2.05, 4.69) is 4.98 Å². The molecule has 0 radical (unpaired) electrons. The van der Waals surface area contributed by atoms with Gasteiger partial charge in [0.25, 0.3) is 0 Å². The van der Waals surface area contributed by atoms with Crippen molar-refractivity contribution in [1.29, 1.82) is 0 Å². The number of alkyl halides is 3. The molecule has 2 aromatic rings. The van der Waals surface area contributed by atoms with Crippen molar-refractivity contribution in [1.82, 2.24) is 4.98 Å². The summed E-state index contributed by atoms with van der Waals surface area (Å²) in [5, 5.41) is 8.50. The fourth-order valence-corrected chi connectivity index (χ4v) is 2.16. The Morgan fingerprint density at radius 2 is 1.81 bits per heavy atom. The van der Waals surface area contributed by atoms with Crippen LogP contribution < -0.4 is 0 Å². The third-order valence-corrected chi connectivity index (χ3v) is 3.05. The average Bonchev–Trinajstić information content (AvgIpc) is 2.37. The van der Waals surface area contributed by atoms with Crippen LogP contribution in [-0.2, 0) is 17.4 Å². The van der Waals surface area contributed by atoms with Crippen molar-refractivity contribution in [3.63, 3.8) is 0 Å². The van der Waals surface area contributed by atoms with E-state index in [0.29, 0.717) is 0 Å². The highest BCUT2D eigenvalue weighted by molar-refractivity contribution is 6.32. The molecule has 1 aromatic heterocycles. The number of aliphatic carboxylic acids is 1. The van der Waals surface area contributed by atoms with Crippen molar-refractivity contribution in [2.75, 3.05) is 0 Å². The van der Waals surface area contributed by atoms with Crippen LogP contribution in [0.5, 0.6) is 0 Å². The number of nitrogens with zero attached hydrogens (tertiary/aromatic N) is 1. The molecule has 2 rings (SSSR count). The summed E-state index contributed by atoms with van der Waals surface area (Å²) in [7, 11) is 0. The Morgan fingerprint density at radius 3 is 2.38 bits per heavy atom. The van der Waals surface area contributed by atoms with Crippen LogP contribution in [0.3, 0.4) is 0 Å². The number of pyridine rings is 1.